The normalized spacial score (nSPS) is 24.1. The predicted molar refractivity (Wildman–Crippen MR) is 128 cm³/mol. The Hall–Kier alpha value is -3.08. The quantitative estimate of drug-likeness (QED) is 0.192. The van der Waals surface area contributed by atoms with Gasteiger partial charge in [-0.05, 0) is 0 Å². The van der Waals surface area contributed by atoms with Crippen LogP contribution in [0.15, 0.2) is 0 Å². The smallest absolute Gasteiger partial charge is 0.389 e. The largest absolute Gasteiger partial charge is 0.464 e. The Labute approximate surface area is 232 Å². The number of carbonyl (C=O) groups is 6. The first-order valence-corrected chi connectivity index (χ1v) is 12.9. The van der Waals surface area contributed by atoms with E-state index in [-0.39, 0.29) is 5.75 Å². The number of carbonyl (C=O) groups excluding carboxylic acids is 6. The minimum Gasteiger partial charge on any atom is -0.464 e. The molecule has 1 fully saturated rings. The lowest BCUT2D eigenvalue weighted by atomic mass is 9.88. The van der Waals surface area contributed by atoms with Crippen LogP contribution in [0.3, 0.4) is 0 Å². The predicted octanol–water partition coefficient (Wildman–Crippen LogP) is 1.19. The fraction of sp³-hybridized carbons (Fsp3) is 0.739. The summed E-state index contributed by atoms with van der Waals surface area (Å²) < 4.78 is 69.7. The lowest BCUT2D eigenvalue weighted by molar-refractivity contribution is -0.302. The lowest BCUT2D eigenvalue weighted by Gasteiger charge is -2.48. The van der Waals surface area contributed by atoms with E-state index in [1.165, 1.54) is 0 Å². The van der Waals surface area contributed by atoms with Crippen molar-refractivity contribution < 1.29 is 70.4 Å². The number of thioether (sulfide) groups is 1. The van der Waals surface area contributed by atoms with E-state index >= 15 is 0 Å². The third kappa shape index (κ3) is 11.2. The molecule has 13 nitrogen and oxygen atoms in total. The molecule has 0 aromatic carbocycles. The van der Waals surface area contributed by atoms with Crippen molar-refractivity contribution in [3.8, 4) is 0 Å². The van der Waals surface area contributed by atoms with Crippen molar-refractivity contribution in [3.05, 3.63) is 0 Å². The zero-order valence-corrected chi connectivity index (χ0v) is 23.5. The van der Waals surface area contributed by atoms with Gasteiger partial charge in [0.25, 0.3) is 0 Å². The molecule has 0 radical (unpaired) electrons. The third-order valence-corrected chi connectivity index (χ3v) is 6.22. The summed E-state index contributed by atoms with van der Waals surface area (Å²) in [5.41, 5.74) is 0. The number of amides is 1. The van der Waals surface area contributed by atoms with Crippen LogP contribution in [0.1, 0.15) is 47.5 Å². The van der Waals surface area contributed by atoms with Crippen LogP contribution in [0.5, 0.6) is 0 Å². The summed E-state index contributed by atoms with van der Waals surface area (Å²) in [5.74, 6) is -9.18. The maximum atomic E-state index is 12.9. The molecular weight excluding hydrogens is 571 g/mol. The van der Waals surface area contributed by atoms with Crippen LogP contribution in [-0.2, 0) is 57.2 Å². The maximum absolute atomic E-state index is 12.9. The second-order valence-electron chi connectivity index (χ2n) is 8.66. The zero-order chi connectivity index (χ0) is 30.8. The van der Waals surface area contributed by atoms with Crippen molar-refractivity contribution in [2.24, 2.45) is 0 Å². The first-order chi connectivity index (χ1) is 18.4. The summed E-state index contributed by atoms with van der Waals surface area (Å²) in [4.78, 5) is 73.0. The Morgan fingerprint density at radius 3 is 2.02 bits per heavy atom. The van der Waals surface area contributed by atoms with Crippen LogP contribution in [0.25, 0.3) is 0 Å². The van der Waals surface area contributed by atoms with Gasteiger partial charge in [0, 0.05) is 46.1 Å². The van der Waals surface area contributed by atoms with Crippen molar-refractivity contribution in [3.63, 3.8) is 0 Å². The van der Waals surface area contributed by atoms with Gasteiger partial charge >= 0.3 is 41.8 Å². The van der Waals surface area contributed by atoms with Gasteiger partial charge in [-0.1, -0.05) is 0 Å². The van der Waals surface area contributed by atoms with Gasteiger partial charge in [-0.3, -0.25) is 24.0 Å². The summed E-state index contributed by atoms with van der Waals surface area (Å²) in [6, 6.07) is -1.41. The number of hydrogen-bond acceptors (Lipinski definition) is 13. The number of alkyl halides is 3. The molecule has 0 bridgehead atoms. The minimum atomic E-state index is -4.47. The molecule has 0 aromatic rings. The number of rotatable bonds is 12. The molecule has 1 heterocycles. The Morgan fingerprint density at radius 2 is 1.57 bits per heavy atom. The molecule has 17 heteroatoms. The molecule has 0 aliphatic carbocycles. The Bertz CT molecular complexity index is 962. The average molecular weight is 604 g/mol. The molecule has 40 heavy (non-hydrogen) atoms. The van der Waals surface area contributed by atoms with E-state index in [2.05, 4.69) is 5.32 Å². The van der Waals surface area contributed by atoms with Gasteiger partial charge in [0.1, 0.15) is 12.2 Å². The van der Waals surface area contributed by atoms with Crippen molar-refractivity contribution in [2.45, 2.75) is 89.9 Å². The molecule has 6 atom stereocenters. The van der Waals surface area contributed by atoms with Gasteiger partial charge in [0.2, 0.25) is 5.91 Å². The highest BCUT2D eigenvalue weighted by Crippen LogP contribution is 2.37. The second-order valence-corrected chi connectivity index (χ2v) is 9.81. The van der Waals surface area contributed by atoms with Gasteiger partial charge < -0.3 is 33.7 Å². The topological polar surface area (TPSA) is 170 Å². The highest BCUT2D eigenvalue weighted by Gasteiger charge is 2.60. The Morgan fingerprint density at radius 1 is 0.975 bits per heavy atom. The molecule has 228 valence electrons. The summed E-state index contributed by atoms with van der Waals surface area (Å²) in [7, 11) is 0.940. The van der Waals surface area contributed by atoms with Crippen molar-refractivity contribution in [2.75, 3.05) is 18.6 Å². The average Bonchev–Trinajstić information content (AvgIpc) is 2.78. The van der Waals surface area contributed by atoms with Crippen LogP contribution in [0.2, 0.25) is 0 Å². The standard InChI is InChI=1S/C23H32F3NO12S/c1-11(28)27-18-16(35-12(2)29)9-22(21(33)34-6,38-15(5)32)39-20(18)19(37-14(4)31)17(36-13(3)30)10-40-8-7-23(24,25)26/h16-20H,7-10H2,1-6H3,(H,27,28)/t16-,17+,18+,19-,20?,22-/m0/s1. The second kappa shape index (κ2) is 15.1. The lowest BCUT2D eigenvalue weighted by Crippen LogP contribution is -2.69. The molecule has 1 aliphatic rings. The number of esters is 5. The number of nitrogens with one attached hydrogen (secondary N) is 1. The first-order valence-electron chi connectivity index (χ1n) is 11.8. The molecule has 0 spiro atoms. The number of halogens is 3. The zero-order valence-electron chi connectivity index (χ0n) is 22.7. The minimum absolute atomic E-state index is 0.364. The molecule has 0 saturated carbocycles. The Balaban J connectivity index is 3.73. The van der Waals surface area contributed by atoms with Crippen LogP contribution in [0, 0.1) is 0 Å². The summed E-state index contributed by atoms with van der Waals surface area (Å²) in [6.07, 6.45) is -12.8. The maximum Gasteiger partial charge on any atom is 0.389 e. The van der Waals surface area contributed by atoms with Gasteiger partial charge in [-0.25, -0.2) is 4.79 Å². The fourth-order valence-electron chi connectivity index (χ4n) is 3.92. The van der Waals surface area contributed by atoms with Crippen molar-refractivity contribution in [1.29, 1.82) is 0 Å². The van der Waals surface area contributed by atoms with Crippen LogP contribution in [0.4, 0.5) is 13.2 Å². The number of hydrogen-bond donors (Lipinski definition) is 1. The van der Waals surface area contributed by atoms with Gasteiger partial charge in [-0.2, -0.15) is 24.9 Å². The van der Waals surface area contributed by atoms with Crippen LogP contribution >= 0.6 is 11.8 Å². The van der Waals surface area contributed by atoms with E-state index in [1.54, 1.807) is 0 Å². The summed E-state index contributed by atoms with van der Waals surface area (Å²) in [6.45, 7) is 5.00. The third-order valence-electron chi connectivity index (χ3n) is 5.16. The molecule has 1 amide bonds. The molecular formula is C23H32F3NO12S. The van der Waals surface area contributed by atoms with Crippen LogP contribution < -0.4 is 5.32 Å². The van der Waals surface area contributed by atoms with Crippen LogP contribution in [-0.4, -0.2) is 96.8 Å². The fourth-order valence-corrected chi connectivity index (χ4v) is 4.96. The van der Waals surface area contributed by atoms with E-state index in [4.69, 9.17) is 28.4 Å². The molecule has 1 aliphatic heterocycles. The summed E-state index contributed by atoms with van der Waals surface area (Å²) in [5, 5.41) is 2.46. The highest BCUT2D eigenvalue weighted by atomic mass is 32.2. The Kier molecular flexibility index (Phi) is 13.2. The van der Waals surface area contributed by atoms with Gasteiger partial charge in [0.15, 0.2) is 12.2 Å². The molecule has 1 saturated heterocycles. The molecule has 1 N–H and O–H groups in total. The van der Waals surface area contributed by atoms with Gasteiger partial charge in [-0.15, -0.1) is 0 Å². The first kappa shape index (κ1) is 34.9. The highest BCUT2D eigenvalue weighted by molar-refractivity contribution is 7.99. The number of methoxy groups -OCH3 is 1. The van der Waals surface area contributed by atoms with E-state index in [9.17, 15) is 41.9 Å². The SMILES string of the molecule is COC(=O)[C@]1(OC(C)=O)C[C@H](OC(C)=O)[C@@H](NC(C)=O)C([C@@H](OC(C)=O)[C@@H](CSCCC(F)(F)F)OC(C)=O)O1. The van der Waals surface area contributed by atoms with E-state index in [0.29, 0.717) is 11.8 Å². The molecule has 1 unspecified atom stereocenters. The van der Waals surface area contributed by atoms with Crippen molar-refractivity contribution >= 4 is 47.5 Å². The van der Waals surface area contributed by atoms with E-state index < -0.39 is 96.8 Å². The van der Waals surface area contributed by atoms with Gasteiger partial charge in [0.05, 0.1) is 26.0 Å². The van der Waals surface area contributed by atoms with E-state index in [0.717, 1.165) is 41.7 Å². The monoisotopic (exact) mass is 603 g/mol. The number of ether oxygens (including phenoxy) is 6. The summed E-state index contributed by atoms with van der Waals surface area (Å²) >= 11 is 0.704. The van der Waals surface area contributed by atoms with Crippen molar-refractivity contribution in [1.82, 2.24) is 5.32 Å². The van der Waals surface area contributed by atoms with E-state index in [1.807, 2.05) is 0 Å². The molecule has 1 rings (SSSR count). The molecule has 0 aromatic heterocycles.